The number of benzene rings is 1. The van der Waals surface area contributed by atoms with E-state index in [2.05, 4.69) is 4.74 Å². The van der Waals surface area contributed by atoms with Gasteiger partial charge in [-0.15, -0.1) is 13.2 Å². The monoisotopic (exact) mass is 293 g/mol. The molecule has 0 amide bonds. The van der Waals surface area contributed by atoms with E-state index in [-0.39, 0.29) is 16.6 Å². The van der Waals surface area contributed by atoms with Crippen molar-refractivity contribution >= 4 is 23.1 Å². The molecule has 7 heteroatoms. The van der Waals surface area contributed by atoms with E-state index in [0.29, 0.717) is 31.6 Å². The highest BCUT2D eigenvalue weighted by molar-refractivity contribution is 6.33. The van der Waals surface area contributed by atoms with E-state index in [4.69, 9.17) is 11.6 Å². The van der Waals surface area contributed by atoms with Crippen molar-refractivity contribution in [2.75, 3.05) is 18.0 Å². The molecule has 104 valence electrons. The first-order chi connectivity index (χ1) is 8.85. The molecular formula is C12H11ClF3NO2. The minimum atomic E-state index is -4.73. The fraction of sp³-hybridized carbons (Fsp3) is 0.417. The van der Waals surface area contributed by atoms with E-state index in [9.17, 15) is 18.0 Å². The van der Waals surface area contributed by atoms with Gasteiger partial charge in [-0.3, -0.25) is 4.79 Å². The van der Waals surface area contributed by atoms with Gasteiger partial charge in [0.1, 0.15) is 11.5 Å². The number of Topliss-reactive ketones (excluding diaryl/α,β-unsaturated/α-hetero) is 1. The van der Waals surface area contributed by atoms with Gasteiger partial charge < -0.3 is 9.64 Å². The Bertz CT molecular complexity index is 480. The van der Waals surface area contributed by atoms with Crippen LogP contribution in [-0.4, -0.2) is 25.2 Å². The van der Waals surface area contributed by atoms with Crippen LogP contribution in [0.1, 0.15) is 12.8 Å². The molecule has 0 atom stereocenters. The summed E-state index contributed by atoms with van der Waals surface area (Å²) in [6.45, 7) is 1.05. The lowest BCUT2D eigenvalue weighted by Crippen LogP contribution is -2.33. The fourth-order valence-corrected chi connectivity index (χ4v) is 2.23. The summed E-state index contributed by atoms with van der Waals surface area (Å²) < 4.78 is 40.0. The van der Waals surface area contributed by atoms with Gasteiger partial charge in [-0.2, -0.15) is 0 Å². The van der Waals surface area contributed by atoms with Crippen molar-refractivity contribution < 1.29 is 22.7 Å². The van der Waals surface area contributed by atoms with Crippen LogP contribution in [0.3, 0.4) is 0 Å². The summed E-state index contributed by atoms with van der Waals surface area (Å²) in [4.78, 5) is 13.0. The van der Waals surface area contributed by atoms with E-state index in [0.717, 1.165) is 6.07 Å². The highest BCUT2D eigenvalue weighted by Crippen LogP contribution is 2.33. The number of rotatable bonds is 2. The molecule has 1 aromatic rings. The van der Waals surface area contributed by atoms with Crippen LogP contribution in [0.4, 0.5) is 18.9 Å². The van der Waals surface area contributed by atoms with Crippen LogP contribution in [0.15, 0.2) is 18.2 Å². The molecule has 0 N–H and O–H groups in total. The fourth-order valence-electron chi connectivity index (χ4n) is 1.94. The van der Waals surface area contributed by atoms with Crippen LogP contribution in [0.2, 0.25) is 5.02 Å². The van der Waals surface area contributed by atoms with Gasteiger partial charge in [-0.05, 0) is 12.1 Å². The van der Waals surface area contributed by atoms with E-state index in [1.54, 1.807) is 0 Å². The van der Waals surface area contributed by atoms with Gasteiger partial charge in [0.05, 0.1) is 10.7 Å². The lowest BCUT2D eigenvalue weighted by atomic mass is 10.1. The van der Waals surface area contributed by atoms with Crippen LogP contribution in [0.25, 0.3) is 0 Å². The Morgan fingerprint density at radius 1 is 1.21 bits per heavy atom. The second kappa shape index (κ2) is 5.28. The normalized spacial score (nSPS) is 16.6. The van der Waals surface area contributed by atoms with Gasteiger partial charge in [-0.1, -0.05) is 11.6 Å². The number of carbonyl (C=O) groups is 1. The molecule has 0 aliphatic carbocycles. The van der Waals surface area contributed by atoms with Gasteiger partial charge in [0.15, 0.2) is 0 Å². The minimum Gasteiger partial charge on any atom is -0.406 e. The number of ether oxygens (including phenoxy) is 1. The molecule has 1 aliphatic heterocycles. The number of hydrogen-bond acceptors (Lipinski definition) is 3. The Morgan fingerprint density at radius 2 is 1.84 bits per heavy atom. The van der Waals surface area contributed by atoms with E-state index >= 15 is 0 Å². The Kier molecular flexibility index (Phi) is 3.89. The van der Waals surface area contributed by atoms with Crippen molar-refractivity contribution in [1.29, 1.82) is 0 Å². The number of alkyl halides is 3. The molecule has 0 saturated carbocycles. The molecule has 0 spiro atoms. The molecule has 0 unspecified atom stereocenters. The second-order valence-electron chi connectivity index (χ2n) is 4.19. The maximum Gasteiger partial charge on any atom is 0.573 e. The number of anilines is 1. The topological polar surface area (TPSA) is 29.5 Å². The third-order valence-corrected chi connectivity index (χ3v) is 3.12. The van der Waals surface area contributed by atoms with Crippen LogP contribution >= 0.6 is 11.6 Å². The first-order valence-corrected chi connectivity index (χ1v) is 6.05. The zero-order chi connectivity index (χ0) is 14.0. The molecule has 1 aliphatic rings. The quantitative estimate of drug-likeness (QED) is 0.837. The average Bonchev–Trinajstić information content (AvgIpc) is 2.29. The number of piperidine rings is 1. The standard InChI is InChI=1S/C12H11ClF3NO2/c13-10-7-9(19-12(14,15)16)1-2-11(10)17-5-3-8(18)4-6-17/h1-2,7H,3-6H2. The molecule has 2 rings (SSSR count). The summed E-state index contributed by atoms with van der Waals surface area (Å²) in [5.41, 5.74) is 0.615. The van der Waals surface area contributed by atoms with Crippen molar-refractivity contribution in [2.24, 2.45) is 0 Å². The highest BCUT2D eigenvalue weighted by atomic mass is 35.5. The lowest BCUT2D eigenvalue weighted by Gasteiger charge is -2.29. The van der Waals surface area contributed by atoms with Gasteiger partial charge in [0.25, 0.3) is 0 Å². The Hall–Kier alpha value is -1.43. The summed E-state index contributed by atoms with van der Waals surface area (Å²) >= 11 is 5.95. The van der Waals surface area contributed by atoms with Crippen LogP contribution in [0.5, 0.6) is 5.75 Å². The van der Waals surface area contributed by atoms with E-state index in [1.165, 1.54) is 12.1 Å². The molecule has 1 heterocycles. The maximum atomic E-state index is 12.1. The van der Waals surface area contributed by atoms with Gasteiger partial charge in [0.2, 0.25) is 0 Å². The molecule has 19 heavy (non-hydrogen) atoms. The van der Waals surface area contributed by atoms with Crippen molar-refractivity contribution in [3.63, 3.8) is 0 Å². The summed E-state index contributed by atoms with van der Waals surface area (Å²) in [5, 5.41) is 0.177. The number of halogens is 4. The van der Waals surface area contributed by atoms with Gasteiger partial charge >= 0.3 is 6.36 Å². The Balaban J connectivity index is 2.13. The average molecular weight is 294 g/mol. The predicted molar refractivity (Wildman–Crippen MR) is 64.6 cm³/mol. The number of carbonyl (C=O) groups excluding carboxylic acids is 1. The zero-order valence-electron chi connectivity index (χ0n) is 9.84. The number of nitrogens with zero attached hydrogens (tertiary/aromatic N) is 1. The molecule has 0 aromatic heterocycles. The molecule has 3 nitrogen and oxygen atoms in total. The molecule has 0 bridgehead atoms. The molecular weight excluding hydrogens is 283 g/mol. The van der Waals surface area contributed by atoms with Gasteiger partial charge in [0, 0.05) is 32.0 Å². The summed E-state index contributed by atoms with van der Waals surface area (Å²) in [5.74, 6) is -0.168. The lowest BCUT2D eigenvalue weighted by molar-refractivity contribution is -0.274. The molecule has 0 radical (unpaired) electrons. The summed E-state index contributed by atoms with van der Waals surface area (Å²) in [6.07, 6.45) is -3.88. The Morgan fingerprint density at radius 3 is 2.37 bits per heavy atom. The molecule has 1 fully saturated rings. The van der Waals surface area contributed by atoms with E-state index in [1.807, 2.05) is 4.90 Å². The molecule has 1 saturated heterocycles. The smallest absolute Gasteiger partial charge is 0.406 e. The van der Waals surface area contributed by atoms with Crippen molar-refractivity contribution in [3.8, 4) is 5.75 Å². The Labute approximate surface area is 112 Å². The largest absolute Gasteiger partial charge is 0.573 e. The SMILES string of the molecule is O=C1CCN(c2ccc(OC(F)(F)F)cc2Cl)CC1. The van der Waals surface area contributed by atoms with Crippen LogP contribution in [-0.2, 0) is 4.79 Å². The number of ketones is 1. The van der Waals surface area contributed by atoms with Crippen molar-refractivity contribution in [3.05, 3.63) is 23.2 Å². The van der Waals surface area contributed by atoms with E-state index < -0.39 is 6.36 Å². The number of hydrogen-bond donors (Lipinski definition) is 0. The first kappa shape index (κ1) is 14.0. The van der Waals surface area contributed by atoms with Crippen LogP contribution in [0, 0.1) is 0 Å². The predicted octanol–water partition coefficient (Wildman–Crippen LogP) is 3.41. The second-order valence-corrected chi connectivity index (χ2v) is 4.59. The zero-order valence-corrected chi connectivity index (χ0v) is 10.6. The first-order valence-electron chi connectivity index (χ1n) is 5.67. The summed E-state index contributed by atoms with van der Waals surface area (Å²) in [7, 11) is 0. The maximum absolute atomic E-state index is 12.1. The highest BCUT2D eigenvalue weighted by Gasteiger charge is 2.31. The third-order valence-electron chi connectivity index (χ3n) is 2.81. The summed E-state index contributed by atoms with van der Waals surface area (Å²) in [6, 6.07) is 3.81. The minimum absolute atomic E-state index is 0.177. The van der Waals surface area contributed by atoms with Crippen molar-refractivity contribution in [1.82, 2.24) is 0 Å². The van der Waals surface area contributed by atoms with Crippen LogP contribution < -0.4 is 9.64 Å². The third kappa shape index (κ3) is 3.76. The van der Waals surface area contributed by atoms with Crippen molar-refractivity contribution in [2.45, 2.75) is 19.2 Å². The molecule has 1 aromatic carbocycles. The van der Waals surface area contributed by atoms with Gasteiger partial charge in [-0.25, -0.2) is 0 Å².